The van der Waals surface area contributed by atoms with Crippen LogP contribution >= 0.6 is 11.8 Å². The van der Waals surface area contributed by atoms with Gasteiger partial charge < -0.3 is 9.80 Å². The molecule has 4 nitrogen and oxygen atoms in total. The van der Waals surface area contributed by atoms with Gasteiger partial charge in [0.25, 0.3) is 0 Å². The van der Waals surface area contributed by atoms with Crippen molar-refractivity contribution in [1.82, 2.24) is 4.90 Å². The highest BCUT2D eigenvalue weighted by atomic mass is 32.2. The number of amides is 1. The molecular formula is C17H24N2O2S. The zero-order chi connectivity index (χ0) is 16.1. The van der Waals surface area contributed by atoms with Gasteiger partial charge in [-0.2, -0.15) is 0 Å². The minimum Gasteiger partial charge on any atom is -0.312 e. The zero-order valence-electron chi connectivity index (χ0n) is 13.5. The third-order valence-corrected chi connectivity index (χ3v) is 4.87. The van der Waals surface area contributed by atoms with E-state index < -0.39 is 0 Å². The van der Waals surface area contributed by atoms with Gasteiger partial charge in [0.2, 0.25) is 5.91 Å². The minimum atomic E-state index is 0.121. The first-order chi connectivity index (χ1) is 10.5. The first-order valence-corrected chi connectivity index (χ1v) is 8.61. The van der Waals surface area contributed by atoms with Crippen molar-refractivity contribution in [2.24, 2.45) is 5.92 Å². The van der Waals surface area contributed by atoms with Crippen molar-refractivity contribution in [2.45, 2.75) is 19.8 Å². The normalized spacial score (nSPS) is 18.3. The maximum Gasteiger partial charge on any atom is 0.227 e. The van der Waals surface area contributed by atoms with Crippen molar-refractivity contribution in [2.75, 3.05) is 37.8 Å². The number of thioether (sulfide) groups is 1. The third-order valence-electron chi connectivity index (χ3n) is 3.82. The molecule has 1 aliphatic rings. The molecule has 0 bridgehead atoms. The third kappa shape index (κ3) is 4.85. The van der Waals surface area contributed by atoms with Gasteiger partial charge in [0.15, 0.2) is 5.12 Å². The van der Waals surface area contributed by atoms with Crippen molar-refractivity contribution in [3.8, 4) is 0 Å². The molecule has 1 saturated heterocycles. The van der Waals surface area contributed by atoms with Crippen LogP contribution in [-0.2, 0) is 16.0 Å². The summed E-state index contributed by atoms with van der Waals surface area (Å²) in [5.41, 5.74) is 2.25. The van der Waals surface area contributed by atoms with Gasteiger partial charge in [-0.05, 0) is 44.1 Å². The number of anilines is 1. The second-order valence-electron chi connectivity index (χ2n) is 6.10. The summed E-state index contributed by atoms with van der Waals surface area (Å²) in [6, 6.07) is 8.26. The summed E-state index contributed by atoms with van der Waals surface area (Å²) in [5.74, 6) is 1.17. The van der Waals surface area contributed by atoms with Crippen LogP contribution < -0.4 is 4.90 Å². The number of carbonyl (C=O) groups is 2. The number of hydrogen-bond donors (Lipinski definition) is 0. The Bertz CT molecular complexity index is 528. The Hall–Kier alpha value is -1.33. The Kier molecular flexibility index (Phi) is 6.03. The van der Waals surface area contributed by atoms with Crippen molar-refractivity contribution >= 4 is 28.5 Å². The van der Waals surface area contributed by atoms with Crippen LogP contribution in [0.4, 0.5) is 5.69 Å². The highest BCUT2D eigenvalue weighted by Gasteiger charge is 2.30. The van der Waals surface area contributed by atoms with E-state index in [1.54, 1.807) is 6.92 Å². The average molecular weight is 320 g/mol. The monoisotopic (exact) mass is 320 g/mol. The molecule has 1 heterocycles. The van der Waals surface area contributed by atoms with Crippen LogP contribution in [0.25, 0.3) is 0 Å². The lowest BCUT2D eigenvalue weighted by Crippen LogP contribution is -2.24. The van der Waals surface area contributed by atoms with E-state index in [-0.39, 0.29) is 16.9 Å². The lowest BCUT2D eigenvalue weighted by Gasteiger charge is -2.17. The molecule has 0 N–H and O–H groups in total. The summed E-state index contributed by atoms with van der Waals surface area (Å²) >= 11 is 1.32. The standard InChI is InChI=1S/C17H24N2O2S/c1-13(20)22-12-15-10-17(21)19(11-15)16-6-4-14(5-7-16)8-9-18(2)3/h4-7,15H,8-12H2,1-3H3. The SMILES string of the molecule is CC(=O)SCC1CC(=O)N(c2ccc(CCN(C)C)cc2)C1. The van der Waals surface area contributed by atoms with Crippen LogP contribution in [0.3, 0.4) is 0 Å². The Morgan fingerprint density at radius 1 is 1.32 bits per heavy atom. The number of hydrogen-bond acceptors (Lipinski definition) is 4. The van der Waals surface area contributed by atoms with E-state index in [9.17, 15) is 9.59 Å². The second kappa shape index (κ2) is 7.79. The van der Waals surface area contributed by atoms with Crippen molar-refractivity contribution in [3.05, 3.63) is 29.8 Å². The Labute approximate surface area is 136 Å². The first kappa shape index (κ1) is 17.0. The predicted molar refractivity (Wildman–Crippen MR) is 92.3 cm³/mol. The number of carbonyl (C=O) groups excluding carboxylic acids is 2. The lowest BCUT2D eigenvalue weighted by atomic mass is 10.1. The molecule has 1 aliphatic heterocycles. The molecule has 0 aliphatic carbocycles. The molecule has 1 fully saturated rings. The maximum atomic E-state index is 12.2. The van der Waals surface area contributed by atoms with E-state index in [0.29, 0.717) is 6.42 Å². The Balaban J connectivity index is 1.93. The molecule has 0 radical (unpaired) electrons. The number of rotatable bonds is 6. The molecule has 22 heavy (non-hydrogen) atoms. The maximum absolute atomic E-state index is 12.2. The van der Waals surface area contributed by atoms with Crippen LogP contribution in [0.15, 0.2) is 24.3 Å². The van der Waals surface area contributed by atoms with Crippen LogP contribution in [0.5, 0.6) is 0 Å². The van der Waals surface area contributed by atoms with Crippen LogP contribution in [0, 0.1) is 5.92 Å². The molecule has 0 aromatic heterocycles. The fourth-order valence-corrected chi connectivity index (χ4v) is 3.27. The predicted octanol–water partition coefficient (Wildman–Crippen LogP) is 2.42. The number of likely N-dealkylation sites (N-methyl/N-ethyl adjacent to an activating group) is 1. The second-order valence-corrected chi connectivity index (χ2v) is 7.29. The van der Waals surface area contributed by atoms with Crippen molar-refractivity contribution < 1.29 is 9.59 Å². The lowest BCUT2D eigenvalue weighted by molar-refractivity contribution is -0.117. The van der Waals surface area contributed by atoms with E-state index in [1.807, 2.05) is 17.0 Å². The quantitative estimate of drug-likeness (QED) is 0.807. The molecule has 120 valence electrons. The van der Waals surface area contributed by atoms with Crippen LogP contribution in [-0.4, -0.2) is 48.9 Å². The van der Waals surface area contributed by atoms with Crippen molar-refractivity contribution in [3.63, 3.8) is 0 Å². The number of benzene rings is 1. The topological polar surface area (TPSA) is 40.6 Å². The van der Waals surface area contributed by atoms with Gasteiger partial charge in [-0.3, -0.25) is 9.59 Å². The summed E-state index contributed by atoms with van der Waals surface area (Å²) < 4.78 is 0. The molecule has 1 unspecified atom stereocenters. The average Bonchev–Trinajstić information content (AvgIpc) is 2.84. The van der Waals surface area contributed by atoms with E-state index >= 15 is 0 Å². The van der Waals surface area contributed by atoms with Gasteiger partial charge in [0.1, 0.15) is 0 Å². The highest BCUT2D eigenvalue weighted by Crippen LogP contribution is 2.27. The Morgan fingerprint density at radius 3 is 2.59 bits per heavy atom. The summed E-state index contributed by atoms with van der Waals surface area (Å²) in [5, 5.41) is 0.121. The van der Waals surface area contributed by atoms with Crippen LogP contribution in [0.1, 0.15) is 18.9 Å². The molecule has 0 spiro atoms. The molecule has 1 aromatic rings. The van der Waals surface area contributed by atoms with Gasteiger partial charge >= 0.3 is 0 Å². The van der Waals surface area contributed by atoms with Gasteiger partial charge in [-0.1, -0.05) is 23.9 Å². The molecule has 1 atom stereocenters. The van der Waals surface area contributed by atoms with Gasteiger partial charge in [-0.25, -0.2) is 0 Å². The fraction of sp³-hybridized carbons (Fsp3) is 0.529. The van der Waals surface area contributed by atoms with Crippen molar-refractivity contribution in [1.29, 1.82) is 0 Å². The summed E-state index contributed by atoms with van der Waals surface area (Å²) in [7, 11) is 4.13. The first-order valence-electron chi connectivity index (χ1n) is 7.63. The molecule has 1 aromatic carbocycles. The zero-order valence-corrected chi connectivity index (χ0v) is 14.4. The minimum absolute atomic E-state index is 0.121. The summed E-state index contributed by atoms with van der Waals surface area (Å²) in [6.07, 6.45) is 1.56. The van der Waals surface area contributed by atoms with E-state index in [0.717, 1.165) is 31.0 Å². The smallest absolute Gasteiger partial charge is 0.227 e. The van der Waals surface area contributed by atoms with E-state index in [1.165, 1.54) is 17.3 Å². The Morgan fingerprint density at radius 2 is 2.00 bits per heavy atom. The number of nitrogens with zero attached hydrogens (tertiary/aromatic N) is 2. The van der Waals surface area contributed by atoms with Gasteiger partial charge in [0, 0.05) is 37.9 Å². The molecule has 1 amide bonds. The van der Waals surface area contributed by atoms with E-state index in [4.69, 9.17) is 0 Å². The van der Waals surface area contributed by atoms with Gasteiger partial charge in [-0.15, -0.1) is 0 Å². The van der Waals surface area contributed by atoms with E-state index in [2.05, 4.69) is 31.1 Å². The summed E-state index contributed by atoms with van der Waals surface area (Å²) in [4.78, 5) is 27.2. The summed E-state index contributed by atoms with van der Waals surface area (Å²) in [6.45, 7) is 3.31. The molecule has 5 heteroatoms. The van der Waals surface area contributed by atoms with Crippen LogP contribution in [0.2, 0.25) is 0 Å². The molecule has 2 rings (SSSR count). The molecular weight excluding hydrogens is 296 g/mol. The largest absolute Gasteiger partial charge is 0.312 e. The highest BCUT2D eigenvalue weighted by molar-refractivity contribution is 8.13. The van der Waals surface area contributed by atoms with Gasteiger partial charge in [0.05, 0.1) is 0 Å². The fourth-order valence-electron chi connectivity index (χ4n) is 2.57. The molecule has 0 saturated carbocycles.